The molecule has 0 radical (unpaired) electrons. The Bertz CT molecular complexity index is 881. The lowest BCUT2D eigenvalue weighted by atomic mass is 9.88. The number of methoxy groups -OCH3 is 2. The van der Waals surface area contributed by atoms with Crippen molar-refractivity contribution in [1.29, 1.82) is 0 Å². The van der Waals surface area contributed by atoms with E-state index in [2.05, 4.69) is 10.4 Å². The van der Waals surface area contributed by atoms with Crippen LogP contribution < -0.4 is 14.8 Å². The Morgan fingerprint density at radius 2 is 2.00 bits per heavy atom. The van der Waals surface area contributed by atoms with Gasteiger partial charge in [0.05, 0.1) is 32.9 Å². The highest BCUT2D eigenvalue weighted by Gasteiger charge is 2.40. The number of rotatable bonds is 4. The van der Waals surface area contributed by atoms with E-state index in [1.807, 2.05) is 25.5 Å². The average molecular weight is 386 g/mol. The van der Waals surface area contributed by atoms with Crippen LogP contribution in [-0.4, -0.2) is 59.5 Å². The van der Waals surface area contributed by atoms with Gasteiger partial charge in [-0.05, 0) is 17.7 Å². The van der Waals surface area contributed by atoms with Crippen molar-refractivity contribution in [2.24, 2.45) is 13.0 Å². The molecule has 8 nitrogen and oxygen atoms in total. The number of nitrogens with one attached hydrogen (secondary N) is 1. The minimum absolute atomic E-state index is 0.0356. The lowest BCUT2D eigenvalue weighted by molar-refractivity contribution is -0.138. The van der Waals surface area contributed by atoms with E-state index in [0.717, 1.165) is 17.7 Å². The van der Waals surface area contributed by atoms with Gasteiger partial charge in [0.1, 0.15) is 17.6 Å². The topological polar surface area (TPSA) is 88.9 Å². The van der Waals surface area contributed by atoms with Crippen LogP contribution in [0.1, 0.15) is 28.7 Å². The molecule has 3 heterocycles. The molecule has 0 saturated carbocycles. The zero-order valence-corrected chi connectivity index (χ0v) is 16.4. The molecule has 1 unspecified atom stereocenters. The van der Waals surface area contributed by atoms with Gasteiger partial charge in [0, 0.05) is 49.9 Å². The summed E-state index contributed by atoms with van der Waals surface area (Å²) in [6, 6.07) is 3.60. The monoisotopic (exact) mass is 386 g/mol. The van der Waals surface area contributed by atoms with Gasteiger partial charge in [0.15, 0.2) is 0 Å². The maximum Gasteiger partial charge on any atom is 0.228 e. The van der Waals surface area contributed by atoms with E-state index in [1.54, 1.807) is 29.9 Å². The third-order valence-electron chi connectivity index (χ3n) is 5.79. The average Bonchev–Trinajstić information content (AvgIpc) is 3.35. The first-order chi connectivity index (χ1) is 13.5. The third kappa shape index (κ3) is 3.12. The Hall–Kier alpha value is -2.58. The van der Waals surface area contributed by atoms with Crippen LogP contribution in [0.4, 0.5) is 0 Å². The lowest BCUT2D eigenvalue weighted by Gasteiger charge is -2.36. The fraction of sp³-hybridized carbons (Fsp3) is 0.500. The number of hydrogen-bond acceptors (Lipinski definition) is 6. The predicted molar refractivity (Wildman–Crippen MR) is 102 cm³/mol. The number of aromatic nitrogens is 2. The normalized spacial score (nSPS) is 24.1. The first-order valence-corrected chi connectivity index (χ1v) is 9.43. The number of benzene rings is 1. The van der Waals surface area contributed by atoms with Gasteiger partial charge in [-0.25, -0.2) is 0 Å². The van der Waals surface area contributed by atoms with Crippen LogP contribution in [0.25, 0.3) is 0 Å². The molecule has 4 rings (SSSR count). The molecule has 1 aromatic heterocycles. The molecule has 3 atom stereocenters. The van der Waals surface area contributed by atoms with Gasteiger partial charge in [-0.1, -0.05) is 0 Å². The van der Waals surface area contributed by atoms with Gasteiger partial charge < -0.3 is 24.8 Å². The highest BCUT2D eigenvalue weighted by atomic mass is 16.5. The van der Waals surface area contributed by atoms with Crippen LogP contribution in [0.5, 0.6) is 11.5 Å². The second-order valence-electron chi connectivity index (χ2n) is 7.42. The number of fused-ring (bicyclic) bond motifs is 1. The summed E-state index contributed by atoms with van der Waals surface area (Å²) in [6.45, 7) is 1.99. The van der Waals surface area contributed by atoms with Crippen molar-refractivity contribution in [3.05, 3.63) is 41.2 Å². The molecule has 28 heavy (non-hydrogen) atoms. The van der Waals surface area contributed by atoms with Gasteiger partial charge in [-0.15, -0.1) is 0 Å². The zero-order chi connectivity index (χ0) is 19.8. The SMILES string of the molecule is COc1ccc(OC)c2c1CN(C(=O)[C@H]1CNC[C@@H]1c1cnn(C)c1)CC2O. The van der Waals surface area contributed by atoms with Gasteiger partial charge in [-0.3, -0.25) is 9.48 Å². The molecule has 8 heteroatoms. The van der Waals surface area contributed by atoms with Crippen molar-refractivity contribution in [2.45, 2.75) is 18.6 Å². The summed E-state index contributed by atoms with van der Waals surface area (Å²) in [7, 11) is 5.05. The Morgan fingerprint density at radius 1 is 1.25 bits per heavy atom. The van der Waals surface area contributed by atoms with E-state index in [4.69, 9.17) is 9.47 Å². The number of carbonyl (C=O) groups excluding carboxylic acids is 1. The van der Waals surface area contributed by atoms with E-state index >= 15 is 0 Å². The standard InChI is InChI=1S/C20H26N4O4/c1-23-9-12(6-22-23)13-7-21-8-14(13)20(26)24-10-15-17(27-2)4-5-18(28-3)19(15)16(25)11-24/h4-6,9,13-14,16,21,25H,7-8,10-11H2,1-3H3/t13-,14+,16?/m1/s1. The Morgan fingerprint density at radius 3 is 2.68 bits per heavy atom. The highest BCUT2D eigenvalue weighted by Crippen LogP contribution is 2.40. The number of hydrogen-bond donors (Lipinski definition) is 2. The minimum Gasteiger partial charge on any atom is -0.496 e. The molecular formula is C20H26N4O4. The maximum atomic E-state index is 13.4. The smallest absolute Gasteiger partial charge is 0.228 e. The Kier molecular flexibility index (Phi) is 4.99. The minimum atomic E-state index is -0.816. The van der Waals surface area contributed by atoms with Crippen LogP contribution in [0, 0.1) is 5.92 Å². The maximum absolute atomic E-state index is 13.4. The number of aliphatic hydroxyl groups excluding tert-OH is 1. The molecule has 2 aliphatic rings. The molecule has 1 saturated heterocycles. The fourth-order valence-electron chi connectivity index (χ4n) is 4.40. The summed E-state index contributed by atoms with van der Waals surface area (Å²) >= 11 is 0. The van der Waals surface area contributed by atoms with Crippen molar-refractivity contribution >= 4 is 5.91 Å². The van der Waals surface area contributed by atoms with Gasteiger partial charge in [0.25, 0.3) is 0 Å². The molecule has 1 fully saturated rings. The number of carbonyl (C=O) groups is 1. The van der Waals surface area contributed by atoms with E-state index in [1.165, 1.54) is 0 Å². The summed E-state index contributed by atoms with van der Waals surface area (Å²) in [5.41, 5.74) is 2.57. The van der Waals surface area contributed by atoms with Gasteiger partial charge >= 0.3 is 0 Å². The Labute approximate surface area is 164 Å². The Balaban J connectivity index is 1.61. The number of aliphatic hydroxyl groups is 1. The second kappa shape index (κ2) is 7.44. The number of amides is 1. The largest absolute Gasteiger partial charge is 0.496 e. The molecule has 0 spiro atoms. The van der Waals surface area contributed by atoms with Crippen molar-refractivity contribution in [2.75, 3.05) is 33.9 Å². The molecule has 2 N–H and O–H groups in total. The molecular weight excluding hydrogens is 360 g/mol. The molecule has 2 aromatic rings. The fourth-order valence-corrected chi connectivity index (χ4v) is 4.40. The van der Waals surface area contributed by atoms with E-state index < -0.39 is 6.10 Å². The van der Waals surface area contributed by atoms with Crippen LogP contribution in [0.3, 0.4) is 0 Å². The van der Waals surface area contributed by atoms with Crippen LogP contribution >= 0.6 is 0 Å². The summed E-state index contributed by atoms with van der Waals surface area (Å²) in [5.74, 6) is 1.20. The summed E-state index contributed by atoms with van der Waals surface area (Å²) < 4.78 is 12.7. The first-order valence-electron chi connectivity index (χ1n) is 9.43. The van der Waals surface area contributed by atoms with Gasteiger partial charge in [0.2, 0.25) is 5.91 Å². The molecule has 2 aliphatic heterocycles. The molecule has 0 bridgehead atoms. The first kappa shape index (κ1) is 18.8. The highest BCUT2D eigenvalue weighted by molar-refractivity contribution is 5.81. The lowest BCUT2D eigenvalue weighted by Crippen LogP contribution is -2.43. The van der Waals surface area contributed by atoms with Crippen molar-refractivity contribution < 1.29 is 19.4 Å². The number of β-amino-alcohol motifs (C(OH)–C–C–N with tert-alkyl or cyclic N) is 1. The zero-order valence-electron chi connectivity index (χ0n) is 16.4. The predicted octanol–water partition coefficient (Wildman–Crippen LogP) is 0.816. The molecule has 1 amide bonds. The number of nitrogens with zero attached hydrogens (tertiary/aromatic N) is 3. The van der Waals surface area contributed by atoms with E-state index in [0.29, 0.717) is 30.2 Å². The van der Waals surface area contributed by atoms with Crippen molar-refractivity contribution in [3.63, 3.8) is 0 Å². The number of aryl methyl sites for hydroxylation is 1. The summed E-state index contributed by atoms with van der Waals surface area (Å²) in [5, 5.41) is 18.4. The van der Waals surface area contributed by atoms with Crippen LogP contribution in [0.15, 0.2) is 24.5 Å². The molecule has 1 aromatic carbocycles. The molecule has 150 valence electrons. The van der Waals surface area contributed by atoms with Gasteiger partial charge in [-0.2, -0.15) is 5.10 Å². The van der Waals surface area contributed by atoms with Crippen molar-refractivity contribution in [1.82, 2.24) is 20.0 Å². The van der Waals surface area contributed by atoms with Crippen LogP contribution in [0.2, 0.25) is 0 Å². The van der Waals surface area contributed by atoms with E-state index in [-0.39, 0.29) is 24.3 Å². The van der Waals surface area contributed by atoms with Crippen LogP contribution in [-0.2, 0) is 18.4 Å². The second-order valence-corrected chi connectivity index (χ2v) is 7.42. The quantitative estimate of drug-likeness (QED) is 0.809. The van der Waals surface area contributed by atoms with Crippen molar-refractivity contribution in [3.8, 4) is 11.5 Å². The third-order valence-corrected chi connectivity index (χ3v) is 5.79. The summed E-state index contributed by atoms with van der Waals surface area (Å²) in [4.78, 5) is 15.1. The number of ether oxygens (including phenoxy) is 2. The summed E-state index contributed by atoms with van der Waals surface area (Å²) in [6.07, 6.45) is 2.97. The van der Waals surface area contributed by atoms with E-state index in [9.17, 15) is 9.90 Å². The molecule has 0 aliphatic carbocycles.